The third-order valence-corrected chi connectivity index (χ3v) is 6.44. The molecule has 15 heteroatoms. The molecule has 2 N–H and O–H groups in total. The first-order valence-corrected chi connectivity index (χ1v) is 13.4. The lowest BCUT2D eigenvalue weighted by atomic mass is 9.61. The predicted molar refractivity (Wildman–Crippen MR) is 129 cm³/mol. The highest BCUT2D eigenvalue weighted by molar-refractivity contribution is 7.85. The number of piperidine rings is 1. The number of halogens is 5. The molecule has 5 rings (SSSR count). The molecule has 206 valence electrons. The van der Waals surface area contributed by atoms with Crippen molar-refractivity contribution in [3.8, 4) is 0 Å². The zero-order valence-corrected chi connectivity index (χ0v) is 21.0. The Labute approximate surface area is 215 Å². The molecular formula is C23H25F5N6O3S. The standard InChI is InChI=1S/C22H21F5N6.CH4O3S/c23-21(24)12-20(13-21)5-9-33(10-6-20)19-31-17-15(4-2-8-29-17)18(32-19)30-11-14-3-1-7-28-16(14)22(25,26)27;1-5(2,3)4/h1-4,7-8H,5-6,9-13H2,(H,29,30,31,32);1H3,(H,2,3,4). The maximum absolute atomic E-state index is 13.4. The van der Waals surface area contributed by atoms with Crippen LogP contribution in [0.3, 0.4) is 0 Å². The molecule has 0 amide bonds. The molecule has 2 aliphatic rings. The number of hydrogen-bond donors (Lipinski definition) is 2. The Balaban J connectivity index is 0.000000617. The summed E-state index contributed by atoms with van der Waals surface area (Å²) >= 11 is 0. The van der Waals surface area contributed by atoms with Crippen LogP contribution in [0.4, 0.5) is 33.7 Å². The molecule has 0 atom stereocenters. The first-order valence-electron chi connectivity index (χ1n) is 11.6. The van der Waals surface area contributed by atoms with E-state index in [2.05, 4.69) is 25.3 Å². The van der Waals surface area contributed by atoms with E-state index in [0.29, 0.717) is 55.0 Å². The van der Waals surface area contributed by atoms with E-state index in [4.69, 9.17) is 4.55 Å². The number of anilines is 2. The van der Waals surface area contributed by atoms with Gasteiger partial charge in [0.2, 0.25) is 11.9 Å². The Morgan fingerprint density at radius 2 is 1.66 bits per heavy atom. The van der Waals surface area contributed by atoms with Gasteiger partial charge in [0, 0.05) is 50.4 Å². The first-order chi connectivity index (χ1) is 17.6. The second kappa shape index (κ2) is 10.2. The Bertz CT molecular complexity index is 1390. The summed E-state index contributed by atoms with van der Waals surface area (Å²) in [6.07, 6.45) is -0.0726. The van der Waals surface area contributed by atoms with E-state index in [9.17, 15) is 30.4 Å². The summed E-state index contributed by atoms with van der Waals surface area (Å²) in [5.74, 6) is -1.83. The van der Waals surface area contributed by atoms with Gasteiger partial charge >= 0.3 is 6.18 Å². The van der Waals surface area contributed by atoms with Crippen LogP contribution in [0.2, 0.25) is 0 Å². The molecule has 9 nitrogen and oxygen atoms in total. The van der Waals surface area contributed by atoms with E-state index >= 15 is 0 Å². The van der Waals surface area contributed by atoms with Gasteiger partial charge in [-0.05, 0) is 36.5 Å². The van der Waals surface area contributed by atoms with E-state index in [1.807, 2.05) is 4.90 Å². The van der Waals surface area contributed by atoms with Crippen LogP contribution in [0.25, 0.3) is 11.0 Å². The van der Waals surface area contributed by atoms with Gasteiger partial charge in [-0.2, -0.15) is 31.6 Å². The molecule has 4 heterocycles. The van der Waals surface area contributed by atoms with Gasteiger partial charge in [-0.1, -0.05) is 6.07 Å². The third kappa shape index (κ3) is 6.81. The van der Waals surface area contributed by atoms with Crippen molar-refractivity contribution < 1.29 is 34.9 Å². The normalized spacial score (nSPS) is 18.4. The van der Waals surface area contributed by atoms with Gasteiger partial charge in [0.25, 0.3) is 10.1 Å². The molecular weight excluding hydrogens is 535 g/mol. The van der Waals surface area contributed by atoms with Crippen molar-refractivity contribution in [1.82, 2.24) is 19.9 Å². The molecule has 1 saturated carbocycles. The molecule has 38 heavy (non-hydrogen) atoms. The molecule has 1 aliphatic carbocycles. The minimum Gasteiger partial charge on any atom is -0.365 e. The topological polar surface area (TPSA) is 121 Å². The van der Waals surface area contributed by atoms with Crippen LogP contribution in [0.15, 0.2) is 36.7 Å². The van der Waals surface area contributed by atoms with Crippen molar-refractivity contribution in [3.05, 3.63) is 47.9 Å². The summed E-state index contributed by atoms with van der Waals surface area (Å²) in [5.41, 5.74) is -0.867. The molecule has 1 aliphatic heterocycles. The molecule has 2 fully saturated rings. The number of hydrogen-bond acceptors (Lipinski definition) is 8. The Kier molecular flexibility index (Phi) is 7.45. The van der Waals surface area contributed by atoms with E-state index in [-0.39, 0.29) is 30.4 Å². The zero-order valence-electron chi connectivity index (χ0n) is 20.2. The lowest BCUT2D eigenvalue weighted by Crippen LogP contribution is -2.52. The number of rotatable bonds is 4. The molecule has 0 unspecified atom stereocenters. The molecule has 0 aromatic carbocycles. The molecule has 1 spiro atoms. The summed E-state index contributed by atoms with van der Waals surface area (Å²) in [6, 6.07) is 6.25. The van der Waals surface area contributed by atoms with Crippen LogP contribution in [0, 0.1) is 5.41 Å². The van der Waals surface area contributed by atoms with Crippen molar-refractivity contribution in [3.63, 3.8) is 0 Å². The van der Waals surface area contributed by atoms with Crippen LogP contribution < -0.4 is 10.2 Å². The number of alkyl halides is 5. The predicted octanol–water partition coefficient (Wildman–Crippen LogP) is 4.57. The van der Waals surface area contributed by atoms with Crippen molar-refractivity contribution >= 4 is 32.9 Å². The van der Waals surface area contributed by atoms with E-state index in [1.54, 1.807) is 18.3 Å². The highest BCUT2D eigenvalue weighted by Gasteiger charge is 2.56. The molecule has 0 bridgehead atoms. The third-order valence-electron chi connectivity index (χ3n) is 6.44. The largest absolute Gasteiger partial charge is 0.433 e. The van der Waals surface area contributed by atoms with Gasteiger partial charge in [-0.3, -0.25) is 9.54 Å². The number of pyridine rings is 2. The summed E-state index contributed by atoms with van der Waals surface area (Å²) in [5, 5.41) is 3.56. The van der Waals surface area contributed by atoms with Crippen molar-refractivity contribution in [2.24, 2.45) is 5.41 Å². The minimum absolute atomic E-state index is 0.00646. The van der Waals surface area contributed by atoms with Gasteiger partial charge in [-0.25, -0.2) is 13.8 Å². The van der Waals surface area contributed by atoms with Gasteiger partial charge in [0.15, 0.2) is 5.65 Å². The summed E-state index contributed by atoms with van der Waals surface area (Å²) in [4.78, 5) is 18.8. The Hall–Kier alpha value is -3.20. The Morgan fingerprint density at radius 3 is 2.26 bits per heavy atom. The molecule has 3 aromatic rings. The average Bonchev–Trinajstić information content (AvgIpc) is 2.80. The van der Waals surface area contributed by atoms with Crippen molar-refractivity contribution in [2.45, 2.75) is 44.3 Å². The molecule has 1 saturated heterocycles. The number of aromatic nitrogens is 4. The molecule has 3 aromatic heterocycles. The highest BCUT2D eigenvalue weighted by Crippen LogP contribution is 2.57. The van der Waals surface area contributed by atoms with Gasteiger partial charge in [-0.15, -0.1) is 0 Å². The number of nitrogens with zero attached hydrogens (tertiary/aromatic N) is 5. The summed E-state index contributed by atoms with van der Waals surface area (Å²) < 4.78 is 92.6. The van der Waals surface area contributed by atoms with Crippen molar-refractivity contribution in [2.75, 3.05) is 29.6 Å². The highest BCUT2D eigenvalue weighted by atomic mass is 32.2. The van der Waals surface area contributed by atoms with Crippen LogP contribution in [-0.2, 0) is 22.8 Å². The van der Waals surface area contributed by atoms with Crippen LogP contribution in [0.1, 0.15) is 36.9 Å². The van der Waals surface area contributed by atoms with Crippen LogP contribution >= 0.6 is 0 Å². The van der Waals surface area contributed by atoms with E-state index in [1.165, 1.54) is 12.1 Å². The summed E-state index contributed by atoms with van der Waals surface area (Å²) in [7, 11) is -3.67. The van der Waals surface area contributed by atoms with Gasteiger partial charge < -0.3 is 10.2 Å². The lowest BCUT2D eigenvalue weighted by Gasteiger charge is -2.51. The van der Waals surface area contributed by atoms with E-state index < -0.39 is 27.9 Å². The van der Waals surface area contributed by atoms with Crippen LogP contribution in [-0.4, -0.2) is 58.2 Å². The second-order valence-corrected chi connectivity index (χ2v) is 11.0. The second-order valence-electron chi connectivity index (χ2n) is 9.54. The van der Waals surface area contributed by atoms with Crippen molar-refractivity contribution in [1.29, 1.82) is 0 Å². The summed E-state index contributed by atoms with van der Waals surface area (Å²) in [6.45, 7) is 0.935. The Morgan fingerprint density at radius 1 is 1.05 bits per heavy atom. The average molecular weight is 561 g/mol. The molecule has 0 radical (unpaired) electrons. The monoisotopic (exact) mass is 560 g/mol. The number of fused-ring (bicyclic) bond motifs is 1. The maximum atomic E-state index is 13.4. The fraction of sp³-hybridized carbons (Fsp3) is 0.478. The number of nitrogens with one attached hydrogen (secondary N) is 1. The SMILES string of the molecule is CS(=O)(=O)O.FC1(F)CC2(CCN(c3nc(NCc4cccnc4C(F)(F)F)c4cccnc4n3)CC2)C1. The fourth-order valence-electron chi connectivity index (χ4n) is 4.82. The lowest BCUT2D eigenvalue weighted by molar-refractivity contribution is -0.168. The van der Waals surface area contributed by atoms with Gasteiger partial charge in [0.05, 0.1) is 11.6 Å². The van der Waals surface area contributed by atoms with E-state index in [0.717, 1.165) is 6.20 Å². The smallest absolute Gasteiger partial charge is 0.365 e. The zero-order chi connectivity index (χ0) is 27.8. The minimum atomic E-state index is -4.57. The first kappa shape index (κ1) is 27.8. The maximum Gasteiger partial charge on any atom is 0.433 e. The fourth-order valence-corrected chi connectivity index (χ4v) is 4.82. The van der Waals surface area contributed by atoms with Crippen LogP contribution in [0.5, 0.6) is 0 Å². The quantitative estimate of drug-likeness (QED) is 0.349. The van der Waals surface area contributed by atoms with Gasteiger partial charge in [0.1, 0.15) is 11.5 Å².